The van der Waals surface area contributed by atoms with Crippen molar-refractivity contribution in [2.75, 3.05) is 46.8 Å². The van der Waals surface area contributed by atoms with Gasteiger partial charge in [0.25, 0.3) is 0 Å². The molecule has 4 aliphatic heterocycles. The molecule has 1 saturated carbocycles. The summed E-state index contributed by atoms with van der Waals surface area (Å²) in [6.45, 7) is 11.9. The fourth-order valence-corrected chi connectivity index (χ4v) is 3.44. The van der Waals surface area contributed by atoms with E-state index in [2.05, 4.69) is 20.8 Å². The van der Waals surface area contributed by atoms with Crippen LogP contribution in [0.4, 0.5) is 0 Å². The van der Waals surface area contributed by atoms with E-state index in [4.69, 9.17) is 28.4 Å². The van der Waals surface area contributed by atoms with Crippen LogP contribution >= 0.6 is 0 Å². The maximum atomic E-state index is 5.45. The molecule has 0 radical (unpaired) electrons. The zero-order valence-electron chi connectivity index (χ0n) is 19.8. The average Bonchev–Trinajstić information content (AvgIpc) is 3.56. The fraction of sp³-hybridized carbons (Fsp3) is 1.00. The molecule has 0 bridgehead atoms. The molecule has 5 aliphatic rings. The van der Waals surface area contributed by atoms with E-state index in [-0.39, 0.29) is 7.43 Å². The van der Waals surface area contributed by atoms with Crippen molar-refractivity contribution in [1.29, 1.82) is 0 Å². The Morgan fingerprint density at radius 1 is 0.806 bits per heavy atom. The van der Waals surface area contributed by atoms with Crippen LogP contribution in [0.25, 0.3) is 0 Å². The van der Waals surface area contributed by atoms with Crippen molar-refractivity contribution in [3.05, 3.63) is 0 Å². The van der Waals surface area contributed by atoms with Crippen molar-refractivity contribution in [1.82, 2.24) is 0 Å². The van der Waals surface area contributed by atoms with Gasteiger partial charge in [0, 0.05) is 13.7 Å². The Hall–Kier alpha value is -0.240. The number of hydrogen-bond donors (Lipinski definition) is 0. The van der Waals surface area contributed by atoms with Crippen molar-refractivity contribution >= 4 is 0 Å². The van der Waals surface area contributed by atoms with E-state index in [9.17, 15) is 0 Å². The molecule has 0 aromatic rings. The summed E-state index contributed by atoms with van der Waals surface area (Å²) in [6, 6.07) is 0. The zero-order valence-corrected chi connectivity index (χ0v) is 19.8. The van der Waals surface area contributed by atoms with Crippen molar-refractivity contribution in [3.63, 3.8) is 0 Å². The lowest BCUT2D eigenvalue weighted by Gasteiger charge is -2.17. The van der Waals surface area contributed by atoms with Crippen molar-refractivity contribution < 1.29 is 28.4 Å². The Morgan fingerprint density at radius 3 is 1.87 bits per heavy atom. The molecule has 0 amide bonds. The van der Waals surface area contributed by atoms with Crippen LogP contribution in [0.3, 0.4) is 0 Å². The third kappa shape index (κ3) is 16.1. The van der Waals surface area contributed by atoms with Gasteiger partial charge in [-0.3, -0.25) is 0 Å². The maximum absolute atomic E-state index is 5.45. The lowest BCUT2D eigenvalue weighted by atomic mass is 9.86. The number of fused-ring (bicyclic) bond motifs is 1. The molecule has 4 heterocycles. The average molecular weight is 447 g/mol. The second-order valence-corrected chi connectivity index (χ2v) is 8.84. The first kappa shape index (κ1) is 28.8. The number of rotatable bonds is 10. The van der Waals surface area contributed by atoms with Gasteiger partial charge in [-0.05, 0) is 38.0 Å². The van der Waals surface area contributed by atoms with Gasteiger partial charge in [-0.25, -0.2) is 0 Å². The predicted molar refractivity (Wildman–Crippen MR) is 125 cm³/mol. The molecule has 6 unspecified atom stereocenters. The highest BCUT2D eigenvalue weighted by atomic mass is 16.6. The Balaban J connectivity index is 0.000000212. The number of methoxy groups -OCH3 is 1. The van der Waals surface area contributed by atoms with E-state index >= 15 is 0 Å². The number of ether oxygens (including phenoxy) is 6. The Labute approximate surface area is 191 Å². The van der Waals surface area contributed by atoms with E-state index in [0.717, 1.165) is 45.6 Å². The molecule has 6 atom stereocenters. The summed E-state index contributed by atoms with van der Waals surface area (Å²) >= 11 is 0. The van der Waals surface area contributed by atoms with Gasteiger partial charge in [0.2, 0.25) is 0 Å². The molecule has 186 valence electrons. The molecule has 5 rings (SSSR count). The van der Waals surface area contributed by atoms with Crippen LogP contribution in [0.2, 0.25) is 0 Å². The fourth-order valence-electron chi connectivity index (χ4n) is 3.44. The molecular formula is C25H50O6. The number of epoxide rings is 4. The lowest BCUT2D eigenvalue weighted by molar-refractivity contribution is 0.114. The first-order chi connectivity index (χ1) is 14.7. The van der Waals surface area contributed by atoms with Crippen LogP contribution in [0, 0.1) is 5.92 Å². The maximum Gasteiger partial charge on any atom is 0.104 e. The highest BCUT2D eigenvalue weighted by Gasteiger charge is 2.43. The van der Waals surface area contributed by atoms with Gasteiger partial charge in [-0.2, -0.15) is 0 Å². The molecule has 31 heavy (non-hydrogen) atoms. The van der Waals surface area contributed by atoms with Gasteiger partial charge in [-0.15, -0.1) is 0 Å². The van der Waals surface area contributed by atoms with Crippen molar-refractivity contribution in [3.8, 4) is 0 Å². The molecule has 0 spiro atoms. The third-order valence-electron chi connectivity index (χ3n) is 5.77. The van der Waals surface area contributed by atoms with Crippen LogP contribution in [-0.4, -0.2) is 77.3 Å². The van der Waals surface area contributed by atoms with Crippen LogP contribution in [0.5, 0.6) is 0 Å². The molecule has 5 fully saturated rings. The van der Waals surface area contributed by atoms with Gasteiger partial charge >= 0.3 is 0 Å². The topological polar surface area (TPSA) is 68.6 Å². The smallest absolute Gasteiger partial charge is 0.104 e. The second kappa shape index (κ2) is 17.3. The minimum Gasteiger partial charge on any atom is -0.382 e. The van der Waals surface area contributed by atoms with Gasteiger partial charge in [0.1, 0.15) is 12.2 Å². The summed E-state index contributed by atoms with van der Waals surface area (Å²) in [7, 11) is 1.68. The van der Waals surface area contributed by atoms with Crippen LogP contribution in [-0.2, 0) is 28.4 Å². The van der Waals surface area contributed by atoms with Crippen LogP contribution in [0.1, 0.15) is 79.6 Å². The first-order valence-corrected chi connectivity index (χ1v) is 12.3. The second-order valence-electron chi connectivity index (χ2n) is 8.84. The lowest BCUT2D eigenvalue weighted by Crippen LogP contribution is -2.12. The number of hydrogen-bond acceptors (Lipinski definition) is 6. The summed E-state index contributed by atoms with van der Waals surface area (Å²) in [5, 5.41) is 0. The monoisotopic (exact) mass is 446 g/mol. The highest BCUT2D eigenvalue weighted by molar-refractivity contribution is 4.91. The molecule has 4 saturated heterocycles. The summed E-state index contributed by atoms with van der Waals surface area (Å²) in [5.41, 5.74) is 0. The minimum absolute atomic E-state index is 0. The van der Waals surface area contributed by atoms with E-state index in [1.54, 1.807) is 7.11 Å². The molecular weight excluding hydrogens is 396 g/mol. The van der Waals surface area contributed by atoms with Crippen LogP contribution < -0.4 is 0 Å². The number of unbranched alkanes of at least 4 members (excludes halogenated alkanes) is 1. The molecule has 1 aliphatic carbocycles. The quantitative estimate of drug-likeness (QED) is 0.347. The molecule has 0 aromatic carbocycles. The van der Waals surface area contributed by atoms with E-state index in [1.165, 1.54) is 51.4 Å². The highest BCUT2D eigenvalue weighted by Crippen LogP contribution is 2.40. The third-order valence-corrected chi connectivity index (χ3v) is 5.77. The SMILES string of the molecule is C.CCC1CO1.CCCC1CCC2OC2C1.CCCCOCC1CO1.COCC1CO1. The van der Waals surface area contributed by atoms with Crippen LogP contribution in [0.15, 0.2) is 0 Å². The summed E-state index contributed by atoms with van der Waals surface area (Å²) < 4.78 is 30.1. The molecule has 6 heteroatoms. The molecule has 6 nitrogen and oxygen atoms in total. The molecule has 0 N–H and O–H groups in total. The van der Waals surface area contributed by atoms with E-state index in [0.29, 0.717) is 30.5 Å². The summed E-state index contributed by atoms with van der Waals surface area (Å²) in [4.78, 5) is 0. The minimum atomic E-state index is 0. The van der Waals surface area contributed by atoms with Crippen molar-refractivity contribution in [2.45, 2.75) is 110 Å². The van der Waals surface area contributed by atoms with Crippen molar-refractivity contribution in [2.24, 2.45) is 5.92 Å². The van der Waals surface area contributed by atoms with Gasteiger partial charge in [0.15, 0.2) is 0 Å². The summed E-state index contributed by atoms with van der Waals surface area (Å²) in [6.07, 6.45) is 13.3. The Morgan fingerprint density at radius 2 is 1.45 bits per heavy atom. The van der Waals surface area contributed by atoms with Gasteiger partial charge in [0.05, 0.1) is 51.3 Å². The summed E-state index contributed by atoms with van der Waals surface area (Å²) in [5.74, 6) is 0.994. The van der Waals surface area contributed by atoms with E-state index < -0.39 is 0 Å². The van der Waals surface area contributed by atoms with E-state index in [1.807, 2.05) is 0 Å². The van der Waals surface area contributed by atoms with Gasteiger partial charge in [-0.1, -0.05) is 47.5 Å². The normalized spacial score (nSPS) is 32.9. The Bertz CT molecular complexity index is 409. The zero-order chi connectivity index (χ0) is 21.6. The Kier molecular flexibility index (Phi) is 16.0. The first-order valence-electron chi connectivity index (χ1n) is 12.3. The molecule has 0 aromatic heterocycles. The predicted octanol–water partition coefficient (Wildman–Crippen LogP) is 5.02. The standard InChI is InChI=1S/C9H16O.C7H14O2.C4H8O2.C4H8O.CH4/c1-2-3-7-4-5-8-9(6-7)10-8;1-2-3-4-8-5-7-6-9-7;1-5-2-4-3-6-4;1-2-4-3-5-4;/h7-9H,2-6H2,1H3;7H,2-6H2,1H3;4H,2-3H2,1H3;4H,2-3H2,1H3;1H4. The largest absolute Gasteiger partial charge is 0.382 e. The van der Waals surface area contributed by atoms with Gasteiger partial charge < -0.3 is 28.4 Å².